The van der Waals surface area contributed by atoms with Gasteiger partial charge in [-0.15, -0.1) is 0 Å². The van der Waals surface area contributed by atoms with E-state index in [1.807, 2.05) is 0 Å². The van der Waals surface area contributed by atoms with Crippen LogP contribution < -0.4 is 30.9 Å². The van der Waals surface area contributed by atoms with E-state index < -0.39 is 57.8 Å². The first-order valence-corrected chi connectivity index (χ1v) is 31.3. The van der Waals surface area contributed by atoms with Crippen LogP contribution in [0.15, 0.2) is 71.0 Å². The van der Waals surface area contributed by atoms with Gasteiger partial charge >= 0.3 is 18.0 Å². The highest BCUT2D eigenvalue weighted by molar-refractivity contribution is 6.02. The number of carbonyl (C=O) groups excluding carboxylic acids is 3. The van der Waals surface area contributed by atoms with Crippen molar-refractivity contribution in [2.75, 3.05) is 101 Å². The molecular formula is C71H80F4N12O8. The molecule has 2 aliphatic carbocycles. The van der Waals surface area contributed by atoms with Crippen molar-refractivity contribution in [2.45, 2.75) is 92.8 Å². The van der Waals surface area contributed by atoms with Crippen LogP contribution in [0.5, 0.6) is 0 Å². The summed E-state index contributed by atoms with van der Waals surface area (Å²) in [7, 11) is 10.8. The van der Waals surface area contributed by atoms with Gasteiger partial charge in [0.05, 0.1) is 52.4 Å². The van der Waals surface area contributed by atoms with Gasteiger partial charge in [0.1, 0.15) is 28.0 Å². The Labute approximate surface area is 548 Å². The predicted molar refractivity (Wildman–Crippen MR) is 360 cm³/mol. The zero-order chi connectivity index (χ0) is 66.0. The monoisotopic (exact) mass is 1300 g/mol. The zero-order valence-corrected chi connectivity index (χ0v) is 53.8. The predicted octanol–water partition coefficient (Wildman–Crippen LogP) is 11.0. The molecule has 1 amide bonds. The maximum absolute atomic E-state index is 16.3. The number of likely N-dealkylation sites (N-methyl/N-ethyl adjacent to an activating group) is 2. The molecule has 500 valence electrons. The standard InChI is InChI=1S/C37H40F2N6O5.C32H32F2N6O3.2CH4/c1-8-49-35(47)24-17-43(6)34-22(33(24)46)11-20(14-41-34)23-15-40-26-12-21-27(44(7)36(48)50-37(2,3)4)13-25(38)31(39)29(21)30(26)32(23)45-10-9-19-16-42(5)18-28(19)45;1-5-43-32(42)21-14-39(4)31-19(30(21)41)8-17(11-37-31)20-12-36-24-9-18-23(35-2)10-22(33)28(34)26(18)27(24)29(20)40-7-6-16-13-38(3)15-25(16)40;;/h11,13-15,17,19,28H,8-10,12,16,18H2,1-7H3;8,10-12,14,16,25,35H,5-7,9,13,15H2,1-4H3;2*1H4/t19-,28?;16-,25?;;/m00../s1. The highest BCUT2D eigenvalue weighted by Crippen LogP contribution is 2.55. The number of hydrogen-bond acceptors (Lipinski definition) is 17. The number of hydrogen-bond donors (Lipinski definition) is 1. The Morgan fingerprint density at radius 2 is 1.06 bits per heavy atom. The number of amides is 1. The number of nitrogens with zero attached hydrogens (tertiary/aromatic N) is 11. The van der Waals surface area contributed by atoms with Crippen LogP contribution in [0.2, 0.25) is 0 Å². The number of fused-ring (bicyclic) bond motifs is 10. The number of pyridine rings is 6. The van der Waals surface area contributed by atoms with Gasteiger partial charge < -0.3 is 48.3 Å². The summed E-state index contributed by atoms with van der Waals surface area (Å²) in [6.45, 7) is 13.8. The fraction of sp³-hybridized carbons (Fsp3) is 0.423. The number of halogens is 4. The van der Waals surface area contributed by atoms with Crippen LogP contribution in [0, 0.1) is 35.1 Å². The number of esters is 2. The van der Waals surface area contributed by atoms with Gasteiger partial charge in [-0.25, -0.2) is 41.9 Å². The van der Waals surface area contributed by atoms with Gasteiger partial charge in [0.15, 0.2) is 23.3 Å². The van der Waals surface area contributed by atoms with Gasteiger partial charge in [0.25, 0.3) is 0 Å². The third kappa shape index (κ3) is 11.4. The molecule has 1 N–H and O–H groups in total. The summed E-state index contributed by atoms with van der Waals surface area (Å²) in [6, 6.07) is 5.91. The molecule has 4 saturated heterocycles. The Balaban J connectivity index is 0.000000191. The molecule has 0 saturated carbocycles. The average molecular weight is 1310 g/mol. The number of benzene rings is 2. The molecule has 2 aromatic carbocycles. The second kappa shape index (κ2) is 25.5. The average Bonchev–Trinajstić information content (AvgIpc) is 1.64. The third-order valence-electron chi connectivity index (χ3n) is 19.1. The van der Waals surface area contributed by atoms with E-state index in [1.54, 1.807) is 102 Å². The highest BCUT2D eigenvalue weighted by atomic mass is 19.2. The normalized spacial score (nSPS) is 18.3. The lowest BCUT2D eigenvalue weighted by atomic mass is 9.96. The van der Waals surface area contributed by atoms with Crippen LogP contribution in [-0.4, -0.2) is 155 Å². The number of aryl methyl sites for hydroxylation is 2. The van der Waals surface area contributed by atoms with E-state index >= 15 is 13.2 Å². The molecule has 0 radical (unpaired) electrons. The lowest BCUT2D eigenvalue weighted by Crippen LogP contribution is -2.35. The molecule has 0 spiro atoms. The summed E-state index contributed by atoms with van der Waals surface area (Å²) in [5.74, 6) is -4.54. The summed E-state index contributed by atoms with van der Waals surface area (Å²) in [5.41, 5.74) is 7.03. The maximum atomic E-state index is 16.3. The molecule has 95 heavy (non-hydrogen) atoms. The lowest BCUT2D eigenvalue weighted by Gasteiger charge is -2.31. The molecule has 6 aromatic heterocycles. The van der Waals surface area contributed by atoms with Crippen LogP contribution in [0.3, 0.4) is 0 Å². The molecule has 4 fully saturated rings. The van der Waals surface area contributed by atoms with Gasteiger partial charge in [-0.1, -0.05) is 14.9 Å². The van der Waals surface area contributed by atoms with Crippen molar-refractivity contribution in [2.24, 2.45) is 25.9 Å². The van der Waals surface area contributed by atoms with Crippen LogP contribution in [0.1, 0.15) is 106 Å². The number of anilines is 4. The summed E-state index contributed by atoms with van der Waals surface area (Å²) in [6.07, 6.45) is 11.3. The quantitative estimate of drug-likeness (QED) is 0.0768. The van der Waals surface area contributed by atoms with Crippen molar-refractivity contribution in [1.82, 2.24) is 38.9 Å². The minimum absolute atomic E-state index is 0. The Bertz CT molecular complexity index is 4610. The SMILES string of the molecule is C.C.CCOC(=O)c1cn(C)c2ncc(-c3cnc4c(c3N3CC[C@H]5CN(C)CC53)-c3c(F)c(F)cc(N(C)C(=O)OC(C)(C)C)c3C4)cc2c1=O.CCOC(=O)c1cn(C)c2ncc(-c3cnc4c(c3N3CC[C@H]5CN(C)CC53)-c3c(F)c(F)cc(NC)c3C4)cc2c1=O. The topological polar surface area (TPSA) is 203 Å². The van der Waals surface area contributed by atoms with Gasteiger partial charge in [-0.3, -0.25) is 24.5 Å². The molecule has 4 atom stereocenters. The van der Waals surface area contributed by atoms with Crippen LogP contribution >= 0.6 is 0 Å². The van der Waals surface area contributed by atoms with E-state index in [0.29, 0.717) is 103 Å². The Hall–Kier alpha value is -9.29. The van der Waals surface area contributed by atoms with Crippen LogP contribution in [0.25, 0.3) is 66.6 Å². The first kappa shape index (κ1) is 67.1. The van der Waals surface area contributed by atoms with Crippen LogP contribution in [-0.2, 0) is 41.1 Å². The molecule has 0 bridgehead atoms. The Morgan fingerprint density at radius 3 is 1.51 bits per heavy atom. The van der Waals surface area contributed by atoms with E-state index in [0.717, 1.165) is 57.3 Å². The van der Waals surface area contributed by atoms with Crippen molar-refractivity contribution >= 4 is 62.8 Å². The fourth-order valence-electron chi connectivity index (χ4n) is 15.0. The fourth-order valence-corrected chi connectivity index (χ4v) is 15.0. The van der Waals surface area contributed by atoms with E-state index in [-0.39, 0.29) is 85.3 Å². The molecule has 8 aromatic rings. The first-order chi connectivity index (χ1) is 44.4. The van der Waals surface area contributed by atoms with Gasteiger partial charge in [0, 0.05) is 192 Å². The minimum Gasteiger partial charge on any atom is -0.462 e. The second-order valence-corrected chi connectivity index (χ2v) is 26.1. The van der Waals surface area contributed by atoms with Gasteiger partial charge in [-0.05, 0) is 96.7 Å². The summed E-state index contributed by atoms with van der Waals surface area (Å²) >= 11 is 0. The Kier molecular flexibility index (Phi) is 18.0. The van der Waals surface area contributed by atoms with Crippen molar-refractivity contribution in [1.29, 1.82) is 0 Å². The molecule has 6 aliphatic rings. The van der Waals surface area contributed by atoms with E-state index in [4.69, 9.17) is 24.2 Å². The first-order valence-electron chi connectivity index (χ1n) is 31.3. The zero-order valence-electron chi connectivity index (χ0n) is 53.8. The summed E-state index contributed by atoms with van der Waals surface area (Å²) in [4.78, 5) is 94.8. The third-order valence-corrected chi connectivity index (χ3v) is 19.1. The molecule has 14 rings (SSSR count). The number of aromatic nitrogens is 6. The molecule has 4 aliphatic heterocycles. The number of ether oxygens (including phenoxy) is 3. The minimum atomic E-state index is -1.10. The van der Waals surface area contributed by atoms with Crippen molar-refractivity contribution in [3.8, 4) is 44.5 Å². The largest absolute Gasteiger partial charge is 0.462 e. The maximum Gasteiger partial charge on any atom is 0.414 e. The van der Waals surface area contributed by atoms with E-state index in [9.17, 15) is 28.4 Å². The molecule has 24 heteroatoms. The summed E-state index contributed by atoms with van der Waals surface area (Å²) in [5, 5.41) is 3.49. The number of rotatable bonds is 10. The number of likely N-dealkylation sites (tertiary alicyclic amines) is 2. The smallest absolute Gasteiger partial charge is 0.414 e. The van der Waals surface area contributed by atoms with Crippen molar-refractivity contribution in [3.63, 3.8) is 0 Å². The van der Waals surface area contributed by atoms with Gasteiger partial charge in [-0.2, -0.15) is 0 Å². The number of nitrogens with one attached hydrogen (secondary N) is 1. The Morgan fingerprint density at radius 1 is 0.621 bits per heavy atom. The lowest BCUT2D eigenvalue weighted by molar-refractivity contribution is 0.0514. The molecule has 10 heterocycles. The van der Waals surface area contributed by atoms with Crippen molar-refractivity contribution in [3.05, 3.63) is 139 Å². The van der Waals surface area contributed by atoms with Crippen molar-refractivity contribution < 1.29 is 46.2 Å². The molecular weight excluding hydrogens is 1220 g/mol. The number of carbonyl (C=O) groups is 3. The molecule has 2 unspecified atom stereocenters. The summed E-state index contributed by atoms with van der Waals surface area (Å²) < 4.78 is 81.7. The molecule has 20 nitrogen and oxygen atoms in total. The van der Waals surface area contributed by atoms with E-state index in [2.05, 4.69) is 49.0 Å². The van der Waals surface area contributed by atoms with E-state index in [1.165, 1.54) is 30.4 Å². The highest BCUT2D eigenvalue weighted by Gasteiger charge is 2.46. The van der Waals surface area contributed by atoms with Crippen LogP contribution in [0.4, 0.5) is 45.1 Å². The second-order valence-electron chi connectivity index (χ2n) is 26.1. The van der Waals surface area contributed by atoms with Gasteiger partial charge in [0.2, 0.25) is 10.9 Å².